The minimum atomic E-state index is -3.75. The van der Waals surface area contributed by atoms with Crippen LogP contribution in [-0.2, 0) is 24.8 Å². The number of nitrogens with one attached hydrogen (secondary N) is 1. The Morgan fingerprint density at radius 2 is 1.72 bits per heavy atom. The number of anilines is 1. The Bertz CT molecular complexity index is 1080. The molecule has 1 aliphatic rings. The predicted molar refractivity (Wildman–Crippen MR) is 125 cm³/mol. The van der Waals surface area contributed by atoms with Crippen LogP contribution >= 0.6 is 11.3 Å². The Morgan fingerprint density at radius 1 is 1.06 bits per heavy atom. The molecule has 0 spiro atoms. The highest BCUT2D eigenvalue weighted by atomic mass is 32.2. The van der Waals surface area contributed by atoms with Crippen LogP contribution in [0.5, 0.6) is 0 Å². The molecule has 0 aliphatic carbocycles. The second-order valence-corrected chi connectivity index (χ2v) is 13.3. The predicted octanol–water partition coefficient (Wildman–Crippen LogP) is 2.31. The van der Waals surface area contributed by atoms with Crippen molar-refractivity contribution < 1.29 is 21.6 Å². The molecule has 3 rings (SSSR count). The summed E-state index contributed by atoms with van der Waals surface area (Å²) in [5.74, 6) is 0.584. The van der Waals surface area contributed by atoms with Crippen LogP contribution in [0.2, 0.25) is 0 Å². The zero-order chi connectivity index (χ0) is 23.4. The summed E-state index contributed by atoms with van der Waals surface area (Å²) >= 11 is 1.15. The summed E-state index contributed by atoms with van der Waals surface area (Å²) < 4.78 is 59.7. The minimum Gasteiger partial charge on any atom is -0.381 e. The van der Waals surface area contributed by atoms with Gasteiger partial charge in [-0.1, -0.05) is 19.9 Å². The van der Waals surface area contributed by atoms with Gasteiger partial charge in [0.1, 0.15) is 14.9 Å². The van der Waals surface area contributed by atoms with Gasteiger partial charge in [-0.15, -0.1) is 11.3 Å². The largest absolute Gasteiger partial charge is 0.381 e. The third kappa shape index (κ3) is 5.86. The second-order valence-electron chi connectivity index (χ2n) is 8.27. The highest BCUT2D eigenvalue weighted by Gasteiger charge is 2.34. The quantitative estimate of drug-likeness (QED) is 0.531. The van der Waals surface area contributed by atoms with E-state index in [0.29, 0.717) is 25.6 Å². The number of thiophene rings is 1. The van der Waals surface area contributed by atoms with Crippen LogP contribution in [0.3, 0.4) is 0 Å². The van der Waals surface area contributed by atoms with Crippen molar-refractivity contribution in [1.82, 2.24) is 13.6 Å². The fraction of sp³-hybridized carbons (Fsp3) is 0.550. The number of rotatable bonds is 10. The highest BCUT2D eigenvalue weighted by molar-refractivity contribution is 7.91. The van der Waals surface area contributed by atoms with Crippen molar-refractivity contribution in [3.8, 4) is 0 Å². The smallest absolute Gasteiger partial charge is 0.252 e. The molecular formula is C20H30N4O5S3. The first-order valence-electron chi connectivity index (χ1n) is 10.4. The van der Waals surface area contributed by atoms with Gasteiger partial charge < -0.3 is 10.1 Å². The van der Waals surface area contributed by atoms with E-state index in [9.17, 15) is 16.8 Å². The molecule has 32 heavy (non-hydrogen) atoms. The molecule has 1 fully saturated rings. The molecule has 0 amide bonds. The van der Waals surface area contributed by atoms with Crippen LogP contribution in [0, 0.1) is 5.41 Å². The van der Waals surface area contributed by atoms with Crippen molar-refractivity contribution >= 4 is 37.2 Å². The van der Waals surface area contributed by atoms with Crippen molar-refractivity contribution in [1.29, 1.82) is 0 Å². The van der Waals surface area contributed by atoms with E-state index in [2.05, 4.69) is 24.1 Å². The van der Waals surface area contributed by atoms with Crippen LogP contribution in [-0.4, -0.2) is 76.4 Å². The van der Waals surface area contributed by atoms with Gasteiger partial charge in [0.05, 0.1) is 6.61 Å². The normalized spacial score (nSPS) is 16.8. The zero-order valence-corrected chi connectivity index (χ0v) is 21.0. The number of sulfonamides is 2. The summed E-state index contributed by atoms with van der Waals surface area (Å²) in [6.45, 7) is 8.42. The van der Waals surface area contributed by atoms with Gasteiger partial charge in [0.2, 0.25) is 10.0 Å². The van der Waals surface area contributed by atoms with Gasteiger partial charge in [0, 0.05) is 50.9 Å². The van der Waals surface area contributed by atoms with Crippen LogP contribution < -0.4 is 5.32 Å². The molecule has 178 valence electrons. The first-order chi connectivity index (χ1) is 15.1. The fourth-order valence-corrected chi connectivity index (χ4v) is 7.17. The highest BCUT2D eigenvalue weighted by Crippen LogP contribution is 2.24. The third-order valence-electron chi connectivity index (χ3n) is 5.11. The van der Waals surface area contributed by atoms with E-state index in [-0.39, 0.29) is 40.7 Å². The number of ether oxygens (including phenoxy) is 1. The topological polar surface area (TPSA) is 109 Å². The van der Waals surface area contributed by atoms with Crippen LogP contribution in [0.4, 0.5) is 5.82 Å². The molecule has 3 heterocycles. The van der Waals surface area contributed by atoms with Crippen LogP contribution in [0.25, 0.3) is 0 Å². The molecule has 0 unspecified atom stereocenters. The Hall–Kier alpha value is -1.57. The summed E-state index contributed by atoms with van der Waals surface area (Å²) in [6.07, 6.45) is 1.34. The molecule has 0 saturated carbocycles. The van der Waals surface area contributed by atoms with Gasteiger partial charge in [-0.3, -0.25) is 0 Å². The van der Waals surface area contributed by atoms with E-state index in [0.717, 1.165) is 11.3 Å². The summed E-state index contributed by atoms with van der Waals surface area (Å²) in [7, 11) is -7.33. The van der Waals surface area contributed by atoms with E-state index in [1.165, 1.54) is 20.9 Å². The van der Waals surface area contributed by atoms with Gasteiger partial charge >= 0.3 is 0 Å². The van der Waals surface area contributed by atoms with E-state index in [4.69, 9.17) is 4.74 Å². The summed E-state index contributed by atoms with van der Waals surface area (Å²) in [6, 6.07) is 6.40. The maximum absolute atomic E-state index is 13.0. The lowest BCUT2D eigenvalue weighted by atomic mass is 9.95. The van der Waals surface area contributed by atoms with Gasteiger partial charge in [-0.2, -0.15) is 8.61 Å². The van der Waals surface area contributed by atoms with Gasteiger partial charge in [-0.05, 0) is 30.5 Å². The summed E-state index contributed by atoms with van der Waals surface area (Å²) in [5, 5.41) is 4.92. The Kier molecular flexibility index (Phi) is 7.94. The van der Waals surface area contributed by atoms with Crippen molar-refractivity contribution in [2.75, 3.05) is 51.3 Å². The molecule has 0 radical (unpaired) electrons. The van der Waals surface area contributed by atoms with Gasteiger partial charge in [-0.25, -0.2) is 21.8 Å². The number of nitrogens with zero attached hydrogens (tertiary/aromatic N) is 3. The summed E-state index contributed by atoms with van der Waals surface area (Å²) in [4.78, 5) is 4.34. The third-order valence-corrected chi connectivity index (χ3v) is 10.3. The monoisotopic (exact) mass is 502 g/mol. The average Bonchev–Trinajstić information content (AvgIpc) is 3.33. The molecule has 9 nitrogen and oxygen atoms in total. The zero-order valence-electron chi connectivity index (χ0n) is 18.5. The molecule has 1 N–H and O–H groups in total. The number of aromatic nitrogens is 1. The van der Waals surface area contributed by atoms with E-state index in [1.54, 1.807) is 23.6 Å². The Morgan fingerprint density at radius 3 is 2.25 bits per heavy atom. The molecule has 1 saturated heterocycles. The van der Waals surface area contributed by atoms with Crippen molar-refractivity contribution in [2.24, 2.45) is 5.41 Å². The molecule has 0 bridgehead atoms. The number of piperazine rings is 1. The summed E-state index contributed by atoms with van der Waals surface area (Å²) in [5.41, 5.74) is -0.0917. The second kappa shape index (κ2) is 10.1. The number of hydrogen-bond acceptors (Lipinski definition) is 8. The number of hydrogen-bond donors (Lipinski definition) is 1. The first kappa shape index (κ1) is 25.1. The molecule has 0 aromatic carbocycles. The van der Waals surface area contributed by atoms with Crippen LogP contribution in [0.15, 0.2) is 44.9 Å². The van der Waals surface area contributed by atoms with Gasteiger partial charge in [0.25, 0.3) is 10.0 Å². The molecule has 2 aromatic heterocycles. The molecule has 0 atom stereocenters. The lowest BCUT2D eigenvalue weighted by Gasteiger charge is -2.32. The number of pyridine rings is 1. The minimum absolute atomic E-state index is 0.0891. The van der Waals surface area contributed by atoms with Crippen molar-refractivity contribution in [3.05, 3.63) is 35.8 Å². The van der Waals surface area contributed by atoms with Crippen molar-refractivity contribution in [2.45, 2.75) is 29.9 Å². The first-order valence-corrected chi connectivity index (χ1v) is 14.1. The van der Waals surface area contributed by atoms with E-state index < -0.39 is 20.0 Å². The Balaban J connectivity index is 1.60. The SMILES string of the molecule is CCOCC(C)(C)CNc1ccc(S(=O)(=O)N2CCN(S(=O)(=O)c3cccs3)CC2)cn1. The van der Waals surface area contributed by atoms with E-state index >= 15 is 0 Å². The maximum Gasteiger partial charge on any atom is 0.252 e. The molecular weight excluding hydrogens is 472 g/mol. The van der Waals surface area contributed by atoms with Crippen molar-refractivity contribution in [3.63, 3.8) is 0 Å². The lowest BCUT2D eigenvalue weighted by Crippen LogP contribution is -2.50. The van der Waals surface area contributed by atoms with E-state index in [1.807, 2.05) is 6.92 Å². The van der Waals surface area contributed by atoms with Gasteiger partial charge in [0.15, 0.2) is 0 Å². The average molecular weight is 503 g/mol. The lowest BCUT2D eigenvalue weighted by molar-refractivity contribution is 0.0774. The molecule has 2 aromatic rings. The standard InChI is InChI=1S/C20H30N4O5S3/c1-4-29-16-20(2,3)15-22-18-8-7-17(14-21-18)31(25,26)23-9-11-24(12-10-23)32(27,28)19-6-5-13-30-19/h5-8,13-14H,4,9-12,15-16H2,1-3H3,(H,21,22). The fourth-order valence-electron chi connectivity index (χ4n) is 3.23. The molecule has 1 aliphatic heterocycles. The maximum atomic E-state index is 13.0. The Labute approximate surface area is 194 Å². The molecule has 12 heteroatoms. The van der Waals surface area contributed by atoms with Crippen LogP contribution in [0.1, 0.15) is 20.8 Å².